The highest BCUT2D eigenvalue weighted by molar-refractivity contribution is 5.33. The van der Waals surface area contributed by atoms with Gasteiger partial charge in [0.1, 0.15) is 0 Å². The number of rotatable bonds is 2. The van der Waals surface area contributed by atoms with Crippen molar-refractivity contribution in [2.24, 2.45) is 5.73 Å². The summed E-state index contributed by atoms with van der Waals surface area (Å²) in [5.41, 5.74) is 8.06. The second-order valence-corrected chi connectivity index (χ2v) is 3.30. The fraction of sp³-hybridized carbons (Fsp3) is 0.182. The first-order valence-corrected chi connectivity index (χ1v) is 4.62. The Kier molecular flexibility index (Phi) is 2.33. The van der Waals surface area contributed by atoms with Gasteiger partial charge in [0.25, 0.3) is 0 Å². The monoisotopic (exact) mass is 187 g/mol. The molecule has 0 aliphatic rings. The number of pyridine rings is 1. The average molecular weight is 187 g/mol. The maximum atomic E-state index is 5.86. The van der Waals surface area contributed by atoms with Crippen LogP contribution in [0.2, 0.25) is 0 Å². The molecule has 0 radical (unpaired) electrons. The minimum atomic E-state index is 0.0400. The van der Waals surface area contributed by atoms with E-state index in [9.17, 15) is 0 Å². The van der Waals surface area contributed by atoms with Crippen LogP contribution in [-0.4, -0.2) is 9.55 Å². The Balaban J connectivity index is 2.47. The van der Waals surface area contributed by atoms with E-state index < -0.39 is 0 Å². The molecule has 0 aliphatic carbocycles. The van der Waals surface area contributed by atoms with Gasteiger partial charge in [0.15, 0.2) is 0 Å². The molecule has 0 spiro atoms. The maximum absolute atomic E-state index is 5.86. The molecule has 1 atom stereocenters. The van der Waals surface area contributed by atoms with Crippen molar-refractivity contribution in [1.29, 1.82) is 0 Å². The third-order valence-electron chi connectivity index (χ3n) is 2.19. The van der Waals surface area contributed by atoms with Gasteiger partial charge in [-0.05, 0) is 31.2 Å². The minimum Gasteiger partial charge on any atom is -0.323 e. The van der Waals surface area contributed by atoms with E-state index in [4.69, 9.17) is 5.73 Å². The fourth-order valence-electron chi connectivity index (χ4n) is 1.51. The van der Waals surface area contributed by atoms with Gasteiger partial charge in [0.05, 0.1) is 0 Å². The molecule has 0 bridgehead atoms. The summed E-state index contributed by atoms with van der Waals surface area (Å²) in [6.07, 6.45) is 5.56. The predicted octanol–water partition coefficient (Wildman–Crippen LogP) is 1.89. The number of hydrogen-bond donors (Lipinski definition) is 1. The van der Waals surface area contributed by atoms with Crippen molar-refractivity contribution >= 4 is 0 Å². The summed E-state index contributed by atoms with van der Waals surface area (Å²) in [6, 6.07) is 8.00. The van der Waals surface area contributed by atoms with Crippen LogP contribution < -0.4 is 5.73 Å². The molecule has 0 saturated carbocycles. The Morgan fingerprint density at radius 2 is 2.00 bits per heavy atom. The minimum absolute atomic E-state index is 0.0400. The van der Waals surface area contributed by atoms with Crippen LogP contribution in [0.15, 0.2) is 42.9 Å². The van der Waals surface area contributed by atoms with Gasteiger partial charge >= 0.3 is 0 Å². The SMILES string of the molecule is C[C@@H](N)c1cccn1-c1ccncc1. The van der Waals surface area contributed by atoms with Crippen molar-refractivity contribution in [2.45, 2.75) is 13.0 Å². The van der Waals surface area contributed by atoms with Crippen molar-refractivity contribution in [1.82, 2.24) is 9.55 Å². The van der Waals surface area contributed by atoms with Crippen LogP contribution in [0.3, 0.4) is 0 Å². The van der Waals surface area contributed by atoms with Crippen LogP contribution in [-0.2, 0) is 0 Å². The molecule has 2 rings (SSSR count). The molecular weight excluding hydrogens is 174 g/mol. The molecule has 14 heavy (non-hydrogen) atoms. The molecule has 2 aromatic heterocycles. The molecule has 0 fully saturated rings. The maximum Gasteiger partial charge on any atom is 0.0483 e. The molecule has 0 aliphatic heterocycles. The van der Waals surface area contributed by atoms with Crippen LogP contribution in [0, 0.1) is 0 Å². The van der Waals surface area contributed by atoms with Gasteiger partial charge in [-0.25, -0.2) is 0 Å². The highest BCUT2D eigenvalue weighted by Crippen LogP contribution is 2.16. The van der Waals surface area contributed by atoms with E-state index in [1.54, 1.807) is 12.4 Å². The quantitative estimate of drug-likeness (QED) is 0.780. The van der Waals surface area contributed by atoms with Crippen LogP contribution in [0.1, 0.15) is 18.7 Å². The van der Waals surface area contributed by atoms with Gasteiger partial charge in [0, 0.05) is 36.0 Å². The van der Waals surface area contributed by atoms with E-state index in [-0.39, 0.29) is 6.04 Å². The van der Waals surface area contributed by atoms with Crippen molar-refractivity contribution < 1.29 is 0 Å². The fourth-order valence-corrected chi connectivity index (χ4v) is 1.51. The highest BCUT2D eigenvalue weighted by Gasteiger charge is 2.05. The normalized spacial score (nSPS) is 12.7. The molecule has 0 amide bonds. The summed E-state index contributed by atoms with van der Waals surface area (Å²) < 4.78 is 2.08. The predicted molar refractivity (Wildman–Crippen MR) is 56.2 cm³/mol. The lowest BCUT2D eigenvalue weighted by Gasteiger charge is -2.11. The van der Waals surface area contributed by atoms with Crippen LogP contribution in [0.4, 0.5) is 0 Å². The van der Waals surface area contributed by atoms with Gasteiger partial charge in [-0.15, -0.1) is 0 Å². The second-order valence-electron chi connectivity index (χ2n) is 3.30. The molecule has 2 heterocycles. The Labute approximate surface area is 83.2 Å². The topological polar surface area (TPSA) is 43.8 Å². The van der Waals surface area contributed by atoms with E-state index in [0.717, 1.165) is 11.4 Å². The van der Waals surface area contributed by atoms with E-state index in [1.807, 2.05) is 37.4 Å². The molecular formula is C11H13N3. The molecule has 0 aromatic carbocycles. The molecule has 2 aromatic rings. The lowest BCUT2D eigenvalue weighted by molar-refractivity contribution is 0.752. The number of hydrogen-bond acceptors (Lipinski definition) is 2. The zero-order valence-electron chi connectivity index (χ0n) is 8.09. The summed E-state index contributed by atoms with van der Waals surface area (Å²) >= 11 is 0. The zero-order chi connectivity index (χ0) is 9.97. The first-order valence-electron chi connectivity index (χ1n) is 4.62. The molecule has 3 heteroatoms. The van der Waals surface area contributed by atoms with Crippen molar-refractivity contribution in [3.05, 3.63) is 48.5 Å². The average Bonchev–Trinajstić information content (AvgIpc) is 2.67. The van der Waals surface area contributed by atoms with Crippen LogP contribution in [0.5, 0.6) is 0 Å². The number of nitrogens with two attached hydrogens (primary N) is 1. The van der Waals surface area contributed by atoms with Crippen molar-refractivity contribution in [2.75, 3.05) is 0 Å². The summed E-state index contributed by atoms with van der Waals surface area (Å²) in [4.78, 5) is 3.99. The smallest absolute Gasteiger partial charge is 0.0483 e. The first-order chi connectivity index (χ1) is 6.79. The Bertz CT molecular complexity index is 403. The Morgan fingerprint density at radius 3 is 2.64 bits per heavy atom. The summed E-state index contributed by atoms with van der Waals surface area (Å²) in [5, 5.41) is 0. The van der Waals surface area contributed by atoms with E-state index >= 15 is 0 Å². The van der Waals surface area contributed by atoms with Gasteiger partial charge < -0.3 is 10.3 Å². The molecule has 3 nitrogen and oxygen atoms in total. The summed E-state index contributed by atoms with van der Waals surface area (Å²) in [6.45, 7) is 1.98. The summed E-state index contributed by atoms with van der Waals surface area (Å²) in [7, 11) is 0. The van der Waals surface area contributed by atoms with Crippen molar-refractivity contribution in [3.63, 3.8) is 0 Å². The lowest BCUT2D eigenvalue weighted by Crippen LogP contribution is -2.10. The largest absolute Gasteiger partial charge is 0.323 e. The van der Waals surface area contributed by atoms with E-state index in [2.05, 4.69) is 9.55 Å². The molecule has 0 saturated heterocycles. The first kappa shape index (κ1) is 8.97. The molecule has 72 valence electrons. The Morgan fingerprint density at radius 1 is 1.29 bits per heavy atom. The lowest BCUT2D eigenvalue weighted by atomic mass is 10.2. The van der Waals surface area contributed by atoms with Crippen LogP contribution in [0.25, 0.3) is 5.69 Å². The van der Waals surface area contributed by atoms with Crippen molar-refractivity contribution in [3.8, 4) is 5.69 Å². The van der Waals surface area contributed by atoms with Gasteiger partial charge in [-0.2, -0.15) is 0 Å². The Hall–Kier alpha value is -1.61. The summed E-state index contributed by atoms with van der Waals surface area (Å²) in [5.74, 6) is 0. The van der Waals surface area contributed by atoms with Gasteiger partial charge in [-0.3, -0.25) is 4.98 Å². The number of nitrogens with zero attached hydrogens (tertiary/aromatic N) is 2. The van der Waals surface area contributed by atoms with Gasteiger partial charge in [-0.1, -0.05) is 0 Å². The third kappa shape index (κ3) is 1.54. The van der Waals surface area contributed by atoms with E-state index in [0.29, 0.717) is 0 Å². The second kappa shape index (κ2) is 3.64. The zero-order valence-corrected chi connectivity index (χ0v) is 8.09. The van der Waals surface area contributed by atoms with Gasteiger partial charge in [0.2, 0.25) is 0 Å². The van der Waals surface area contributed by atoms with E-state index in [1.165, 1.54) is 0 Å². The van der Waals surface area contributed by atoms with Crippen LogP contribution >= 0.6 is 0 Å². The molecule has 2 N–H and O–H groups in total. The number of aromatic nitrogens is 2. The molecule has 0 unspecified atom stereocenters. The highest BCUT2D eigenvalue weighted by atomic mass is 15.0. The standard InChI is InChI=1S/C11H13N3/c1-9(12)11-3-2-8-14(11)10-4-6-13-7-5-10/h2-9H,12H2,1H3/t9-/m1/s1. The third-order valence-corrected chi connectivity index (χ3v) is 2.19.